The second-order valence-electron chi connectivity index (χ2n) is 7.70. The fourth-order valence-electron chi connectivity index (χ4n) is 3.08. The number of ether oxygens (including phenoxy) is 2. The van der Waals surface area contributed by atoms with Crippen molar-refractivity contribution in [3.8, 4) is 5.75 Å². The molecule has 0 aliphatic rings. The van der Waals surface area contributed by atoms with Gasteiger partial charge in [-0.15, -0.1) is 0 Å². The van der Waals surface area contributed by atoms with Crippen LogP contribution in [0.15, 0.2) is 72.9 Å². The molecule has 0 unspecified atom stereocenters. The highest BCUT2D eigenvalue weighted by Crippen LogP contribution is 2.22. The van der Waals surface area contributed by atoms with Crippen LogP contribution in [0.5, 0.6) is 5.75 Å². The van der Waals surface area contributed by atoms with Crippen LogP contribution in [0.25, 0.3) is 0 Å². The third kappa shape index (κ3) is 5.92. The summed E-state index contributed by atoms with van der Waals surface area (Å²) in [5, 5.41) is 2.68. The van der Waals surface area contributed by atoms with Gasteiger partial charge in [0.2, 0.25) is 0 Å². The molecule has 0 aliphatic carbocycles. The van der Waals surface area contributed by atoms with E-state index in [9.17, 15) is 9.59 Å². The van der Waals surface area contributed by atoms with Crippen molar-refractivity contribution >= 4 is 11.9 Å². The lowest BCUT2D eigenvalue weighted by atomic mass is 10.0. The highest BCUT2D eigenvalue weighted by molar-refractivity contribution is 5.98. The molecule has 6 heteroatoms. The molecule has 0 fully saturated rings. The van der Waals surface area contributed by atoms with Gasteiger partial charge in [-0.3, -0.25) is 4.79 Å². The number of hydrogen-bond donors (Lipinski definition) is 1. The first-order valence-electron chi connectivity index (χ1n) is 9.99. The lowest BCUT2D eigenvalue weighted by Gasteiger charge is -2.23. The molecule has 0 saturated heterocycles. The van der Waals surface area contributed by atoms with Crippen molar-refractivity contribution in [2.24, 2.45) is 0 Å². The summed E-state index contributed by atoms with van der Waals surface area (Å²) in [4.78, 5) is 29.3. The number of esters is 1. The van der Waals surface area contributed by atoms with Gasteiger partial charge in [0.1, 0.15) is 12.1 Å². The monoisotopic (exact) mass is 418 g/mol. The summed E-state index contributed by atoms with van der Waals surface area (Å²) >= 11 is 0. The summed E-state index contributed by atoms with van der Waals surface area (Å²) in [6.45, 7) is 3.44. The fourth-order valence-corrected chi connectivity index (χ4v) is 3.08. The predicted octanol–water partition coefficient (Wildman–Crippen LogP) is 3.93. The molecule has 160 valence electrons. The molecule has 1 N–H and O–H groups in total. The van der Waals surface area contributed by atoms with Crippen molar-refractivity contribution in [1.29, 1.82) is 0 Å². The molecule has 31 heavy (non-hydrogen) atoms. The summed E-state index contributed by atoms with van der Waals surface area (Å²) in [7, 11) is 1.28. The second-order valence-corrected chi connectivity index (χ2v) is 7.70. The molecule has 0 atom stereocenters. The van der Waals surface area contributed by atoms with E-state index in [0.717, 1.165) is 16.7 Å². The smallest absolute Gasteiger partial charge is 0.330 e. The number of nitrogens with zero attached hydrogens (tertiary/aromatic N) is 1. The molecule has 1 aromatic heterocycles. The van der Waals surface area contributed by atoms with E-state index in [2.05, 4.69) is 10.3 Å². The van der Waals surface area contributed by atoms with E-state index in [1.54, 1.807) is 20.0 Å². The molecule has 1 heterocycles. The summed E-state index contributed by atoms with van der Waals surface area (Å²) in [5.41, 5.74) is 1.93. The van der Waals surface area contributed by atoms with Gasteiger partial charge in [-0.25, -0.2) is 9.78 Å². The number of carbonyl (C=O) groups excluding carboxylic acids is 2. The van der Waals surface area contributed by atoms with Crippen LogP contribution in [-0.2, 0) is 22.6 Å². The highest BCUT2D eigenvalue weighted by Gasteiger charge is 2.32. The number of amides is 1. The maximum Gasteiger partial charge on any atom is 0.330 e. The Morgan fingerprint density at radius 2 is 1.55 bits per heavy atom. The number of aromatic nitrogens is 1. The summed E-state index contributed by atoms with van der Waals surface area (Å²) in [6, 6.07) is 21.5. The zero-order valence-electron chi connectivity index (χ0n) is 17.9. The summed E-state index contributed by atoms with van der Waals surface area (Å²) in [6.07, 6.45) is 2.31. The van der Waals surface area contributed by atoms with Crippen LogP contribution in [-0.4, -0.2) is 29.5 Å². The predicted molar refractivity (Wildman–Crippen MR) is 118 cm³/mol. The second kappa shape index (κ2) is 9.89. The van der Waals surface area contributed by atoms with Gasteiger partial charge in [0.15, 0.2) is 11.4 Å². The molecule has 0 radical (unpaired) electrons. The largest absolute Gasteiger partial charge is 0.486 e. The van der Waals surface area contributed by atoms with Crippen LogP contribution in [0, 0.1) is 0 Å². The quantitative estimate of drug-likeness (QED) is 0.561. The first-order chi connectivity index (χ1) is 14.9. The van der Waals surface area contributed by atoms with Crippen molar-refractivity contribution in [3.05, 3.63) is 95.3 Å². The molecule has 0 spiro atoms. The van der Waals surface area contributed by atoms with Crippen LogP contribution in [0.3, 0.4) is 0 Å². The normalized spacial score (nSPS) is 10.9. The Morgan fingerprint density at radius 1 is 0.935 bits per heavy atom. The average molecular weight is 418 g/mol. The molecule has 0 saturated carbocycles. The van der Waals surface area contributed by atoms with E-state index in [1.807, 2.05) is 66.7 Å². The third-order valence-electron chi connectivity index (χ3n) is 4.73. The van der Waals surface area contributed by atoms with E-state index >= 15 is 0 Å². The zero-order valence-corrected chi connectivity index (χ0v) is 17.9. The molecular weight excluding hydrogens is 392 g/mol. The number of hydrogen-bond acceptors (Lipinski definition) is 5. The molecule has 6 nitrogen and oxygen atoms in total. The van der Waals surface area contributed by atoms with Crippen LogP contribution < -0.4 is 10.1 Å². The van der Waals surface area contributed by atoms with Gasteiger partial charge >= 0.3 is 5.97 Å². The van der Waals surface area contributed by atoms with Crippen molar-refractivity contribution in [2.75, 3.05) is 7.11 Å². The molecule has 2 aromatic carbocycles. The first-order valence-corrected chi connectivity index (χ1v) is 9.99. The van der Waals surface area contributed by atoms with Gasteiger partial charge in [-0.05, 0) is 43.0 Å². The Hall–Kier alpha value is -3.67. The zero-order chi connectivity index (χ0) is 22.3. The van der Waals surface area contributed by atoms with E-state index in [1.165, 1.54) is 7.11 Å². The Bertz CT molecular complexity index is 1030. The lowest BCUT2D eigenvalue weighted by Crippen LogP contribution is -2.50. The highest BCUT2D eigenvalue weighted by atomic mass is 16.5. The lowest BCUT2D eigenvalue weighted by molar-refractivity contribution is -0.146. The van der Waals surface area contributed by atoms with Gasteiger partial charge < -0.3 is 14.8 Å². The van der Waals surface area contributed by atoms with Gasteiger partial charge in [-0.2, -0.15) is 0 Å². The van der Waals surface area contributed by atoms with Crippen LogP contribution in [0.4, 0.5) is 0 Å². The Kier molecular flexibility index (Phi) is 7.03. The number of benzene rings is 2. The van der Waals surface area contributed by atoms with Gasteiger partial charge in [-0.1, -0.05) is 60.7 Å². The van der Waals surface area contributed by atoms with Crippen LogP contribution >= 0.6 is 0 Å². The molecule has 1 amide bonds. The van der Waals surface area contributed by atoms with E-state index in [4.69, 9.17) is 9.47 Å². The minimum Gasteiger partial charge on any atom is -0.486 e. The SMILES string of the molecule is COC(=O)C(C)(C)NC(=O)c1ncc(Cc2ccccc2)cc1OCc1ccccc1. The standard InChI is InChI=1S/C25H26N2O4/c1-25(2,24(29)30-3)27-23(28)22-21(31-17-19-12-8-5-9-13-19)15-20(16-26-22)14-18-10-6-4-7-11-18/h4-13,15-16H,14,17H2,1-3H3,(H,27,28). The maximum atomic E-state index is 12.9. The first kappa shape index (κ1) is 22.0. The average Bonchev–Trinajstić information content (AvgIpc) is 2.78. The van der Waals surface area contributed by atoms with Gasteiger partial charge in [0.25, 0.3) is 5.91 Å². The Balaban J connectivity index is 1.87. The third-order valence-corrected chi connectivity index (χ3v) is 4.73. The molecule has 3 rings (SSSR count). The van der Waals surface area contributed by atoms with Crippen molar-refractivity contribution in [3.63, 3.8) is 0 Å². The summed E-state index contributed by atoms with van der Waals surface area (Å²) in [5.74, 6) is -0.700. The van der Waals surface area contributed by atoms with Crippen LogP contribution in [0.2, 0.25) is 0 Å². The molecule has 3 aromatic rings. The Labute approximate surface area is 182 Å². The number of nitrogens with one attached hydrogen (secondary N) is 1. The molecule has 0 bridgehead atoms. The minimum absolute atomic E-state index is 0.115. The molecule has 0 aliphatic heterocycles. The Morgan fingerprint density at radius 3 is 2.16 bits per heavy atom. The number of rotatable bonds is 8. The topological polar surface area (TPSA) is 77.5 Å². The maximum absolute atomic E-state index is 12.9. The number of methoxy groups -OCH3 is 1. The summed E-state index contributed by atoms with van der Waals surface area (Å²) < 4.78 is 10.8. The fraction of sp³-hybridized carbons (Fsp3) is 0.240. The van der Waals surface area contributed by atoms with Crippen molar-refractivity contribution in [2.45, 2.75) is 32.4 Å². The van der Waals surface area contributed by atoms with Crippen molar-refractivity contribution < 1.29 is 19.1 Å². The van der Waals surface area contributed by atoms with Crippen molar-refractivity contribution in [1.82, 2.24) is 10.3 Å². The van der Waals surface area contributed by atoms with E-state index in [-0.39, 0.29) is 12.3 Å². The van der Waals surface area contributed by atoms with Gasteiger partial charge in [0, 0.05) is 6.20 Å². The van der Waals surface area contributed by atoms with Gasteiger partial charge in [0.05, 0.1) is 7.11 Å². The van der Waals surface area contributed by atoms with E-state index < -0.39 is 17.4 Å². The van der Waals surface area contributed by atoms with Crippen LogP contribution in [0.1, 0.15) is 41.0 Å². The molecular formula is C25H26N2O4. The number of carbonyl (C=O) groups is 2. The number of pyridine rings is 1. The van der Waals surface area contributed by atoms with E-state index in [0.29, 0.717) is 12.2 Å². The minimum atomic E-state index is -1.20.